The van der Waals surface area contributed by atoms with Gasteiger partial charge in [-0.15, -0.1) is 0 Å². The Morgan fingerprint density at radius 1 is 1.21 bits per heavy atom. The van der Waals surface area contributed by atoms with E-state index in [4.69, 9.17) is 20.5 Å². The number of nitrogens with zero attached hydrogens (tertiary/aromatic N) is 1. The van der Waals surface area contributed by atoms with E-state index < -0.39 is 5.41 Å². The third kappa shape index (κ3) is 2.61. The fraction of sp³-hybridized carbons (Fsp3) is 0.222. The van der Waals surface area contributed by atoms with Gasteiger partial charge in [0, 0.05) is 17.6 Å². The first-order chi connectivity index (χ1) is 11.7. The van der Waals surface area contributed by atoms with Crippen LogP contribution in [0, 0.1) is 0 Å². The van der Waals surface area contributed by atoms with Crippen molar-refractivity contribution in [3.8, 4) is 11.5 Å². The number of furan rings is 1. The summed E-state index contributed by atoms with van der Waals surface area (Å²) >= 11 is 6.13. The topological polar surface area (TPSA) is 68.3 Å². The molecule has 24 heavy (non-hydrogen) atoms. The van der Waals surface area contributed by atoms with Crippen LogP contribution in [0.25, 0.3) is 11.5 Å². The lowest BCUT2D eigenvalue weighted by Crippen LogP contribution is -2.34. The van der Waals surface area contributed by atoms with Crippen molar-refractivity contribution in [3.63, 3.8) is 0 Å². The van der Waals surface area contributed by atoms with Gasteiger partial charge in [0.05, 0.1) is 17.4 Å². The molecule has 1 aromatic carbocycles. The molecule has 4 rings (SSSR count). The largest absolute Gasteiger partial charge is 0.461 e. The normalized spacial score (nSPS) is 15.2. The van der Waals surface area contributed by atoms with Crippen LogP contribution in [0.2, 0.25) is 5.02 Å². The molecule has 0 saturated heterocycles. The highest BCUT2D eigenvalue weighted by Gasteiger charge is 2.53. The standard InChI is InChI=1S/C18H15ClN2O3/c19-13-5-2-1-4-12(13)11-20-17(22)18(7-8-18)16-10-15(24-21-16)14-6-3-9-23-14/h1-6,9-10H,7-8,11H2,(H,20,22). The first-order valence-corrected chi connectivity index (χ1v) is 8.10. The second-order valence-electron chi connectivity index (χ2n) is 5.91. The fourth-order valence-electron chi connectivity index (χ4n) is 2.75. The van der Waals surface area contributed by atoms with Gasteiger partial charge in [0.2, 0.25) is 11.7 Å². The first-order valence-electron chi connectivity index (χ1n) is 7.72. The summed E-state index contributed by atoms with van der Waals surface area (Å²) in [7, 11) is 0. The smallest absolute Gasteiger partial charge is 0.232 e. The Balaban J connectivity index is 1.49. The number of halogens is 1. The highest BCUT2D eigenvalue weighted by Crippen LogP contribution is 2.48. The number of aromatic nitrogens is 1. The van der Waals surface area contributed by atoms with Crippen molar-refractivity contribution in [2.75, 3.05) is 0 Å². The van der Waals surface area contributed by atoms with Crippen LogP contribution in [0.15, 0.2) is 57.7 Å². The van der Waals surface area contributed by atoms with E-state index in [9.17, 15) is 4.79 Å². The molecule has 122 valence electrons. The molecule has 2 heterocycles. The molecular weight excluding hydrogens is 328 g/mol. The third-order valence-corrected chi connectivity index (χ3v) is 4.72. The second kappa shape index (κ2) is 5.83. The van der Waals surface area contributed by atoms with E-state index >= 15 is 0 Å². The van der Waals surface area contributed by atoms with Crippen molar-refractivity contribution >= 4 is 17.5 Å². The van der Waals surface area contributed by atoms with Gasteiger partial charge in [-0.1, -0.05) is 35.0 Å². The van der Waals surface area contributed by atoms with E-state index in [0.717, 1.165) is 18.4 Å². The number of hydrogen-bond acceptors (Lipinski definition) is 4. The summed E-state index contributed by atoms with van der Waals surface area (Å²) in [4.78, 5) is 12.6. The van der Waals surface area contributed by atoms with Crippen LogP contribution in [0.1, 0.15) is 24.1 Å². The van der Waals surface area contributed by atoms with Gasteiger partial charge in [0.15, 0.2) is 5.76 Å². The zero-order chi connectivity index (χ0) is 16.6. The molecule has 0 unspecified atom stereocenters. The molecular formula is C18H15ClN2O3. The lowest BCUT2D eigenvalue weighted by atomic mass is 10.0. The average molecular weight is 343 g/mol. The minimum absolute atomic E-state index is 0.0540. The quantitative estimate of drug-likeness (QED) is 0.762. The molecule has 1 saturated carbocycles. The molecule has 0 aliphatic heterocycles. The predicted octanol–water partition coefficient (Wildman–Crippen LogP) is 3.94. The molecule has 0 radical (unpaired) electrons. The molecule has 1 aliphatic rings. The highest BCUT2D eigenvalue weighted by molar-refractivity contribution is 6.31. The summed E-state index contributed by atoms with van der Waals surface area (Å²) in [6.45, 7) is 0.392. The molecule has 2 aromatic heterocycles. The van der Waals surface area contributed by atoms with Gasteiger partial charge in [-0.2, -0.15) is 0 Å². The van der Waals surface area contributed by atoms with Crippen molar-refractivity contribution < 1.29 is 13.7 Å². The molecule has 1 aliphatic carbocycles. The van der Waals surface area contributed by atoms with Crippen LogP contribution in [0.5, 0.6) is 0 Å². The van der Waals surface area contributed by atoms with Gasteiger partial charge < -0.3 is 14.3 Å². The van der Waals surface area contributed by atoms with E-state index in [1.807, 2.05) is 24.3 Å². The Morgan fingerprint density at radius 2 is 2.04 bits per heavy atom. The highest BCUT2D eigenvalue weighted by atomic mass is 35.5. The molecule has 6 heteroatoms. The molecule has 5 nitrogen and oxygen atoms in total. The lowest BCUT2D eigenvalue weighted by molar-refractivity contribution is -0.123. The summed E-state index contributed by atoms with van der Waals surface area (Å²) in [5.41, 5.74) is 0.931. The lowest BCUT2D eigenvalue weighted by Gasteiger charge is -2.13. The number of carbonyl (C=O) groups is 1. The summed E-state index contributed by atoms with van der Waals surface area (Å²) in [6.07, 6.45) is 3.08. The maximum absolute atomic E-state index is 12.6. The van der Waals surface area contributed by atoms with Gasteiger partial charge >= 0.3 is 0 Å². The third-order valence-electron chi connectivity index (χ3n) is 4.35. The van der Waals surface area contributed by atoms with E-state index in [2.05, 4.69) is 10.5 Å². The molecule has 1 N–H and O–H groups in total. The Hall–Kier alpha value is -2.53. The number of carbonyl (C=O) groups excluding carboxylic acids is 1. The Labute approximate surface area is 143 Å². The van der Waals surface area contributed by atoms with E-state index in [-0.39, 0.29) is 5.91 Å². The average Bonchev–Trinajstić information content (AvgIpc) is 3.02. The number of benzene rings is 1. The summed E-state index contributed by atoms with van der Waals surface area (Å²) in [6, 6.07) is 12.8. The minimum Gasteiger partial charge on any atom is -0.461 e. The number of hydrogen-bond donors (Lipinski definition) is 1. The number of nitrogens with one attached hydrogen (secondary N) is 1. The van der Waals surface area contributed by atoms with Gasteiger partial charge in [-0.3, -0.25) is 4.79 Å². The molecule has 1 amide bonds. The molecule has 0 bridgehead atoms. The first kappa shape index (κ1) is 15.0. The summed E-state index contributed by atoms with van der Waals surface area (Å²) in [5, 5.41) is 7.68. The maximum Gasteiger partial charge on any atom is 0.232 e. The molecule has 1 fully saturated rings. The van der Waals surface area contributed by atoms with Crippen LogP contribution in [-0.4, -0.2) is 11.1 Å². The van der Waals surface area contributed by atoms with Gasteiger partial charge in [0.1, 0.15) is 0 Å². The van der Waals surface area contributed by atoms with Crippen LogP contribution in [0.4, 0.5) is 0 Å². The van der Waals surface area contributed by atoms with E-state index in [0.29, 0.717) is 28.8 Å². The van der Waals surface area contributed by atoms with Crippen LogP contribution >= 0.6 is 11.6 Å². The minimum atomic E-state index is -0.602. The summed E-state index contributed by atoms with van der Waals surface area (Å²) in [5.74, 6) is 1.07. The van der Waals surface area contributed by atoms with Crippen molar-refractivity contribution in [1.29, 1.82) is 0 Å². The fourth-order valence-corrected chi connectivity index (χ4v) is 2.95. The molecule has 3 aromatic rings. The van der Waals surface area contributed by atoms with Crippen molar-refractivity contribution in [2.45, 2.75) is 24.8 Å². The van der Waals surface area contributed by atoms with E-state index in [1.165, 1.54) is 0 Å². The van der Waals surface area contributed by atoms with Gasteiger partial charge in [-0.05, 0) is 36.6 Å². The van der Waals surface area contributed by atoms with Crippen LogP contribution in [0.3, 0.4) is 0 Å². The van der Waals surface area contributed by atoms with Gasteiger partial charge in [-0.25, -0.2) is 0 Å². The second-order valence-corrected chi connectivity index (χ2v) is 6.32. The summed E-state index contributed by atoms with van der Waals surface area (Å²) < 4.78 is 10.6. The van der Waals surface area contributed by atoms with Crippen molar-refractivity contribution in [3.05, 3.63) is 65.0 Å². The van der Waals surface area contributed by atoms with Crippen molar-refractivity contribution in [2.24, 2.45) is 0 Å². The van der Waals surface area contributed by atoms with E-state index in [1.54, 1.807) is 24.5 Å². The zero-order valence-electron chi connectivity index (χ0n) is 12.8. The zero-order valence-corrected chi connectivity index (χ0v) is 13.5. The Bertz CT molecular complexity index is 866. The Morgan fingerprint density at radius 3 is 2.75 bits per heavy atom. The van der Waals surface area contributed by atoms with Crippen LogP contribution in [-0.2, 0) is 16.8 Å². The van der Waals surface area contributed by atoms with Crippen LogP contribution < -0.4 is 5.32 Å². The number of amides is 1. The molecule has 0 atom stereocenters. The Kier molecular flexibility index (Phi) is 3.65. The SMILES string of the molecule is O=C(NCc1ccccc1Cl)C1(c2cc(-c3ccco3)on2)CC1. The molecule has 0 spiro atoms. The predicted molar refractivity (Wildman–Crippen MR) is 88.4 cm³/mol. The monoisotopic (exact) mass is 342 g/mol. The maximum atomic E-state index is 12.6. The van der Waals surface area contributed by atoms with Crippen molar-refractivity contribution in [1.82, 2.24) is 10.5 Å². The van der Waals surface area contributed by atoms with Gasteiger partial charge in [0.25, 0.3) is 0 Å². The number of rotatable bonds is 5.